The van der Waals surface area contributed by atoms with Crippen molar-refractivity contribution in [2.75, 3.05) is 27.3 Å². The van der Waals surface area contributed by atoms with E-state index in [0.29, 0.717) is 0 Å². The van der Waals surface area contributed by atoms with Gasteiger partial charge in [0.1, 0.15) is 0 Å². The smallest absolute Gasteiger partial charge is 0.161 e. The summed E-state index contributed by atoms with van der Waals surface area (Å²) in [4.78, 5) is 7.25. The predicted octanol–water partition coefficient (Wildman–Crippen LogP) is 3.00. The number of fused-ring (bicyclic) bond motifs is 3. The summed E-state index contributed by atoms with van der Waals surface area (Å²) in [5, 5.41) is 0. The van der Waals surface area contributed by atoms with Gasteiger partial charge in [0.05, 0.1) is 14.2 Å². The molecule has 0 spiro atoms. The number of rotatable bonds is 3. The van der Waals surface area contributed by atoms with E-state index >= 15 is 0 Å². The van der Waals surface area contributed by atoms with Gasteiger partial charge >= 0.3 is 0 Å². The number of aromatic nitrogens is 1. The third-order valence-corrected chi connectivity index (χ3v) is 6.51. The number of benzene rings is 1. The van der Waals surface area contributed by atoms with Crippen molar-refractivity contribution in [1.82, 2.24) is 9.88 Å². The van der Waals surface area contributed by atoms with Gasteiger partial charge in [0.25, 0.3) is 0 Å². The minimum atomic E-state index is -0.0915. The van der Waals surface area contributed by atoms with Crippen LogP contribution in [-0.4, -0.2) is 43.2 Å². The second kappa shape index (κ2) is 6.80. The Balaban J connectivity index is 1.72. The lowest BCUT2D eigenvalue weighted by atomic mass is 9.71. The van der Waals surface area contributed by atoms with E-state index < -0.39 is 0 Å². The summed E-state index contributed by atoms with van der Waals surface area (Å²) >= 11 is 0. The zero-order chi connectivity index (χ0) is 19.2. The molecule has 3 heterocycles. The van der Waals surface area contributed by atoms with Crippen molar-refractivity contribution in [1.29, 1.82) is 0 Å². The first-order valence-electron chi connectivity index (χ1n) is 9.65. The van der Waals surface area contributed by atoms with Crippen LogP contribution in [0.25, 0.3) is 0 Å². The molecule has 2 aromatic rings. The van der Waals surface area contributed by atoms with E-state index in [1.54, 1.807) is 14.2 Å². The fourth-order valence-electron chi connectivity index (χ4n) is 4.98. The fraction of sp³-hybridized carbons (Fsp3) is 0.500. The van der Waals surface area contributed by atoms with Crippen molar-refractivity contribution in [2.24, 2.45) is 5.73 Å². The van der Waals surface area contributed by atoms with Crippen molar-refractivity contribution in [3.63, 3.8) is 0 Å². The van der Waals surface area contributed by atoms with Gasteiger partial charge in [-0.05, 0) is 61.6 Å². The molecule has 0 saturated carbocycles. The molecule has 0 aliphatic carbocycles. The number of hydrogen-bond donors (Lipinski definition) is 1. The summed E-state index contributed by atoms with van der Waals surface area (Å²) in [5.74, 6) is 1.85. The molecule has 5 heteroatoms. The lowest BCUT2D eigenvalue weighted by molar-refractivity contribution is 0.0266. The number of piperidine rings is 1. The van der Waals surface area contributed by atoms with Crippen molar-refractivity contribution < 1.29 is 9.47 Å². The number of aryl methyl sites for hydroxylation is 1. The lowest BCUT2D eigenvalue weighted by Gasteiger charge is -2.53. The maximum atomic E-state index is 6.73. The van der Waals surface area contributed by atoms with Crippen LogP contribution in [0.1, 0.15) is 41.6 Å². The number of methoxy groups -OCH3 is 2. The average molecular weight is 367 g/mol. The Bertz CT molecular complexity index is 853. The van der Waals surface area contributed by atoms with Crippen molar-refractivity contribution >= 4 is 0 Å². The van der Waals surface area contributed by atoms with Gasteiger partial charge in [-0.2, -0.15) is 0 Å². The highest BCUT2D eigenvalue weighted by atomic mass is 16.5. The summed E-state index contributed by atoms with van der Waals surface area (Å²) in [6.45, 7) is 6.40. The summed E-state index contributed by atoms with van der Waals surface area (Å²) in [6.07, 6.45) is 3.79. The number of hydrogen-bond acceptors (Lipinski definition) is 5. The summed E-state index contributed by atoms with van der Waals surface area (Å²) in [6, 6.07) is 8.48. The van der Waals surface area contributed by atoms with Crippen molar-refractivity contribution in [3.8, 4) is 11.5 Å². The van der Waals surface area contributed by atoms with Crippen LogP contribution in [0.5, 0.6) is 11.5 Å². The highest BCUT2D eigenvalue weighted by molar-refractivity contribution is 5.51. The van der Waals surface area contributed by atoms with Crippen molar-refractivity contribution in [3.05, 3.63) is 52.8 Å². The Hall–Kier alpha value is -2.11. The molecule has 0 radical (unpaired) electrons. The third-order valence-electron chi connectivity index (χ3n) is 6.51. The van der Waals surface area contributed by atoms with Gasteiger partial charge < -0.3 is 15.2 Å². The van der Waals surface area contributed by atoms with Gasteiger partial charge in [-0.3, -0.25) is 9.88 Å². The van der Waals surface area contributed by atoms with Gasteiger partial charge in [-0.15, -0.1) is 0 Å². The molecule has 0 unspecified atom stereocenters. The van der Waals surface area contributed by atoms with Gasteiger partial charge in [0.2, 0.25) is 0 Å². The van der Waals surface area contributed by atoms with Crippen LogP contribution < -0.4 is 15.2 Å². The molecule has 1 aromatic carbocycles. The summed E-state index contributed by atoms with van der Waals surface area (Å²) in [5.41, 5.74) is 11.7. The molecule has 0 bridgehead atoms. The number of pyridine rings is 1. The summed E-state index contributed by atoms with van der Waals surface area (Å²) < 4.78 is 11.1. The van der Waals surface area contributed by atoms with Crippen LogP contribution in [0, 0.1) is 6.92 Å². The molecular weight excluding hydrogens is 338 g/mol. The zero-order valence-electron chi connectivity index (χ0n) is 16.7. The molecule has 4 rings (SSSR count). The predicted molar refractivity (Wildman–Crippen MR) is 106 cm³/mol. The van der Waals surface area contributed by atoms with Gasteiger partial charge in [-0.1, -0.05) is 6.07 Å². The molecule has 3 atom stereocenters. The molecule has 0 amide bonds. The van der Waals surface area contributed by atoms with E-state index in [1.807, 2.05) is 12.3 Å². The van der Waals surface area contributed by atoms with Crippen LogP contribution in [-0.2, 0) is 12.0 Å². The van der Waals surface area contributed by atoms with E-state index in [2.05, 4.69) is 41.9 Å². The molecule has 2 N–H and O–H groups in total. The summed E-state index contributed by atoms with van der Waals surface area (Å²) in [7, 11) is 3.39. The first kappa shape index (κ1) is 18.3. The molecule has 144 valence electrons. The normalized spacial score (nSPS) is 27.6. The molecule has 1 fully saturated rings. The first-order chi connectivity index (χ1) is 13.0. The zero-order valence-corrected chi connectivity index (χ0v) is 16.7. The van der Waals surface area contributed by atoms with E-state index in [0.717, 1.165) is 43.1 Å². The highest BCUT2D eigenvalue weighted by Gasteiger charge is 2.47. The van der Waals surface area contributed by atoms with Crippen LogP contribution in [0.4, 0.5) is 0 Å². The Labute approximate surface area is 161 Å². The first-order valence-corrected chi connectivity index (χ1v) is 9.65. The van der Waals surface area contributed by atoms with E-state index in [9.17, 15) is 0 Å². The third kappa shape index (κ3) is 2.89. The second-order valence-electron chi connectivity index (χ2n) is 8.01. The highest BCUT2D eigenvalue weighted by Crippen LogP contribution is 2.47. The Morgan fingerprint density at radius 1 is 1.22 bits per heavy atom. The Morgan fingerprint density at radius 3 is 2.67 bits per heavy atom. The number of ether oxygens (including phenoxy) is 2. The minimum Gasteiger partial charge on any atom is -0.493 e. The topological polar surface area (TPSA) is 60.6 Å². The Kier molecular flexibility index (Phi) is 4.60. The van der Waals surface area contributed by atoms with Crippen LogP contribution in [0.2, 0.25) is 0 Å². The maximum Gasteiger partial charge on any atom is 0.161 e. The second-order valence-corrected chi connectivity index (χ2v) is 8.01. The van der Waals surface area contributed by atoms with E-state index in [4.69, 9.17) is 15.2 Å². The molecule has 1 aromatic heterocycles. The maximum absolute atomic E-state index is 6.73. The molecule has 27 heavy (non-hydrogen) atoms. The molecular formula is C22H29N3O2. The van der Waals surface area contributed by atoms with Gasteiger partial charge in [-0.25, -0.2) is 0 Å². The van der Waals surface area contributed by atoms with E-state index in [-0.39, 0.29) is 17.5 Å². The molecule has 1 saturated heterocycles. The Morgan fingerprint density at radius 2 is 1.96 bits per heavy atom. The molecule has 5 nitrogen and oxygen atoms in total. The largest absolute Gasteiger partial charge is 0.493 e. The SMILES string of the molecule is COc1cc2c(cc1OC)[C@]1(C)C[C@@H](N)[C@@H](c3ncccc3C)CN1CC2. The quantitative estimate of drug-likeness (QED) is 0.904. The fourth-order valence-corrected chi connectivity index (χ4v) is 4.98. The monoisotopic (exact) mass is 367 g/mol. The number of nitrogens with zero attached hydrogens (tertiary/aromatic N) is 2. The van der Waals surface area contributed by atoms with Crippen LogP contribution >= 0.6 is 0 Å². The van der Waals surface area contributed by atoms with Gasteiger partial charge in [0, 0.05) is 42.5 Å². The molecule has 2 aliphatic heterocycles. The minimum absolute atomic E-state index is 0.0684. The van der Waals surface area contributed by atoms with Crippen LogP contribution in [0.15, 0.2) is 30.5 Å². The lowest BCUT2D eigenvalue weighted by Crippen LogP contribution is -2.59. The van der Waals surface area contributed by atoms with Crippen molar-refractivity contribution in [2.45, 2.75) is 44.2 Å². The van der Waals surface area contributed by atoms with Gasteiger partial charge in [0.15, 0.2) is 11.5 Å². The number of nitrogens with two attached hydrogens (primary N) is 1. The molecule has 2 aliphatic rings. The van der Waals surface area contributed by atoms with Crippen LogP contribution in [0.3, 0.4) is 0 Å². The van der Waals surface area contributed by atoms with E-state index in [1.165, 1.54) is 16.7 Å². The average Bonchev–Trinajstić information content (AvgIpc) is 2.67. The standard InChI is InChI=1S/C22H29N3O2/c1-14-6-5-8-24-21(14)16-13-25-9-7-15-10-19(26-3)20(27-4)11-17(15)22(25,2)12-18(16)23/h5-6,8,10-11,16,18H,7,9,12-13,23H2,1-4H3/t16-,18+,22-/m0/s1.